The highest BCUT2D eigenvalue weighted by atomic mass is 127. The van der Waals surface area contributed by atoms with Gasteiger partial charge in [-0.25, -0.2) is 0 Å². The minimum atomic E-state index is -0.0661. The minimum Gasteiger partial charge on any atom is -0.351 e. The van der Waals surface area contributed by atoms with Crippen molar-refractivity contribution in [2.24, 2.45) is 0 Å². The molecule has 0 aliphatic carbocycles. The van der Waals surface area contributed by atoms with Gasteiger partial charge in [-0.05, 0) is 24.6 Å². The molecule has 0 saturated carbocycles. The van der Waals surface area contributed by atoms with E-state index in [4.69, 9.17) is 11.6 Å². The van der Waals surface area contributed by atoms with Crippen LogP contribution in [0.3, 0.4) is 0 Å². The fourth-order valence-corrected chi connectivity index (χ4v) is 1.45. The zero-order chi connectivity index (χ0) is 10.6. The fraction of sp³-hybridized carbons (Fsp3) is 0.300. The topological polar surface area (TPSA) is 29.1 Å². The van der Waals surface area contributed by atoms with Gasteiger partial charge in [-0.3, -0.25) is 4.79 Å². The molecule has 2 nitrogen and oxygen atoms in total. The maximum atomic E-state index is 11.5. The molecule has 0 saturated heterocycles. The first kappa shape index (κ1) is 11.8. The fourth-order valence-electron chi connectivity index (χ4n) is 0.997. The van der Waals surface area contributed by atoms with E-state index in [9.17, 15) is 4.79 Å². The summed E-state index contributed by atoms with van der Waals surface area (Å²) in [6.45, 7) is 2.60. The lowest BCUT2D eigenvalue weighted by molar-refractivity contribution is 0.0956. The molecule has 1 rings (SSSR count). The Kier molecular flexibility index (Phi) is 4.68. The van der Waals surface area contributed by atoms with E-state index >= 15 is 0 Å². The van der Waals surface area contributed by atoms with Crippen molar-refractivity contribution >= 4 is 40.1 Å². The second-order valence-corrected chi connectivity index (χ2v) is 4.39. The summed E-state index contributed by atoms with van der Waals surface area (Å²) in [7, 11) is 0. The van der Waals surface area contributed by atoms with Crippen molar-refractivity contribution in [2.75, 3.05) is 11.0 Å². The molecule has 0 heterocycles. The van der Waals surface area contributed by atoms with Gasteiger partial charge in [0.05, 0.1) is 0 Å². The number of carbonyl (C=O) groups is 1. The Morgan fingerprint density at radius 2 is 2.29 bits per heavy atom. The van der Waals surface area contributed by atoms with E-state index in [1.54, 1.807) is 12.1 Å². The van der Waals surface area contributed by atoms with Gasteiger partial charge in [0.2, 0.25) is 0 Å². The molecule has 0 unspecified atom stereocenters. The summed E-state index contributed by atoms with van der Waals surface area (Å²) in [6.07, 6.45) is 0. The van der Waals surface area contributed by atoms with Crippen molar-refractivity contribution in [3.05, 3.63) is 34.3 Å². The molecule has 0 radical (unpaired) electrons. The van der Waals surface area contributed by atoms with Gasteiger partial charge in [-0.1, -0.05) is 40.3 Å². The monoisotopic (exact) mass is 323 g/mol. The van der Waals surface area contributed by atoms with Crippen LogP contribution >= 0.6 is 34.2 Å². The number of hydrogen-bond acceptors (Lipinski definition) is 1. The first-order valence-electron chi connectivity index (χ1n) is 4.25. The van der Waals surface area contributed by atoms with E-state index in [0.717, 1.165) is 9.99 Å². The molecule has 0 spiro atoms. The zero-order valence-electron chi connectivity index (χ0n) is 7.81. The van der Waals surface area contributed by atoms with Gasteiger partial charge in [-0.2, -0.15) is 0 Å². The number of alkyl halides is 1. The largest absolute Gasteiger partial charge is 0.351 e. The smallest absolute Gasteiger partial charge is 0.251 e. The molecule has 1 N–H and O–H groups in total. The average molecular weight is 324 g/mol. The van der Waals surface area contributed by atoms with Gasteiger partial charge in [0.25, 0.3) is 5.91 Å². The van der Waals surface area contributed by atoms with Gasteiger partial charge >= 0.3 is 0 Å². The van der Waals surface area contributed by atoms with E-state index in [0.29, 0.717) is 17.1 Å². The van der Waals surface area contributed by atoms with Crippen molar-refractivity contribution < 1.29 is 4.79 Å². The predicted octanol–water partition coefficient (Wildman–Crippen LogP) is 2.81. The first-order chi connectivity index (χ1) is 6.65. The lowest BCUT2D eigenvalue weighted by Crippen LogP contribution is -2.25. The quantitative estimate of drug-likeness (QED) is 0.672. The number of hydrogen-bond donors (Lipinski definition) is 1. The van der Waals surface area contributed by atoms with Crippen LogP contribution < -0.4 is 5.32 Å². The lowest BCUT2D eigenvalue weighted by Gasteiger charge is -2.04. The van der Waals surface area contributed by atoms with E-state index in [-0.39, 0.29) is 5.91 Å². The van der Waals surface area contributed by atoms with Gasteiger partial charge in [0.1, 0.15) is 0 Å². The Labute approximate surface area is 102 Å². The molecule has 0 bridgehead atoms. The normalized spacial score (nSPS) is 9.93. The number of halogens is 2. The van der Waals surface area contributed by atoms with Crippen LogP contribution in [0.25, 0.3) is 0 Å². The van der Waals surface area contributed by atoms with Crippen LogP contribution in [-0.4, -0.2) is 16.9 Å². The Morgan fingerprint density at radius 3 is 2.86 bits per heavy atom. The van der Waals surface area contributed by atoms with Crippen molar-refractivity contribution in [3.63, 3.8) is 0 Å². The molecular formula is C10H11ClINO. The summed E-state index contributed by atoms with van der Waals surface area (Å²) < 4.78 is 0.906. The summed E-state index contributed by atoms with van der Waals surface area (Å²) in [5.74, 6) is -0.0661. The number of carbonyl (C=O) groups excluding carboxylic acids is 1. The van der Waals surface area contributed by atoms with Crippen LogP contribution in [-0.2, 0) is 0 Å². The Morgan fingerprint density at radius 1 is 1.57 bits per heavy atom. The second-order valence-electron chi connectivity index (χ2n) is 2.91. The van der Waals surface area contributed by atoms with Crippen LogP contribution in [0.5, 0.6) is 0 Å². The molecule has 1 amide bonds. The van der Waals surface area contributed by atoms with Crippen LogP contribution in [0.1, 0.15) is 15.9 Å². The molecule has 76 valence electrons. The van der Waals surface area contributed by atoms with E-state index in [1.807, 2.05) is 13.0 Å². The van der Waals surface area contributed by atoms with Crippen LogP contribution in [0, 0.1) is 6.92 Å². The van der Waals surface area contributed by atoms with E-state index < -0.39 is 0 Å². The molecule has 1 aromatic carbocycles. The van der Waals surface area contributed by atoms with Crippen molar-refractivity contribution in [1.29, 1.82) is 0 Å². The molecule has 0 aliphatic heterocycles. The molecule has 0 fully saturated rings. The third kappa shape index (κ3) is 3.13. The van der Waals surface area contributed by atoms with Crippen LogP contribution in [0.4, 0.5) is 0 Å². The van der Waals surface area contributed by atoms with Crippen LogP contribution in [0.15, 0.2) is 18.2 Å². The Hall–Kier alpha value is -0.290. The second kappa shape index (κ2) is 5.56. The molecular weight excluding hydrogens is 312 g/mol. The van der Waals surface area contributed by atoms with E-state index in [2.05, 4.69) is 27.9 Å². The van der Waals surface area contributed by atoms with Crippen molar-refractivity contribution in [1.82, 2.24) is 5.32 Å². The molecule has 14 heavy (non-hydrogen) atoms. The first-order valence-corrected chi connectivity index (χ1v) is 6.16. The van der Waals surface area contributed by atoms with Gasteiger partial charge in [0.15, 0.2) is 0 Å². The highest BCUT2D eigenvalue weighted by molar-refractivity contribution is 14.1. The zero-order valence-corrected chi connectivity index (χ0v) is 10.7. The third-order valence-corrected chi connectivity index (χ3v) is 2.76. The molecule has 4 heteroatoms. The minimum absolute atomic E-state index is 0.0661. The lowest BCUT2D eigenvalue weighted by atomic mass is 10.1. The van der Waals surface area contributed by atoms with Crippen molar-refractivity contribution in [2.45, 2.75) is 6.92 Å². The number of amides is 1. The highest BCUT2D eigenvalue weighted by Crippen LogP contribution is 2.16. The molecule has 0 atom stereocenters. The standard InChI is InChI=1S/C10H11ClINO/c1-7-2-3-8(6-9(7)11)10(14)13-5-4-12/h2-3,6H,4-5H2,1H3,(H,13,14). The summed E-state index contributed by atoms with van der Waals surface area (Å²) >= 11 is 8.12. The molecule has 0 aromatic heterocycles. The number of aryl methyl sites for hydroxylation is 1. The maximum Gasteiger partial charge on any atom is 0.251 e. The number of rotatable bonds is 3. The summed E-state index contributed by atoms with van der Waals surface area (Å²) in [5.41, 5.74) is 1.60. The maximum absolute atomic E-state index is 11.5. The summed E-state index contributed by atoms with van der Waals surface area (Å²) in [6, 6.07) is 5.32. The van der Waals surface area contributed by atoms with Crippen LogP contribution in [0.2, 0.25) is 5.02 Å². The number of nitrogens with one attached hydrogen (secondary N) is 1. The van der Waals surface area contributed by atoms with Gasteiger partial charge in [0, 0.05) is 21.6 Å². The SMILES string of the molecule is Cc1ccc(C(=O)NCCI)cc1Cl. The van der Waals surface area contributed by atoms with Gasteiger partial charge < -0.3 is 5.32 Å². The number of benzene rings is 1. The van der Waals surface area contributed by atoms with Gasteiger partial charge in [-0.15, -0.1) is 0 Å². The summed E-state index contributed by atoms with van der Waals surface area (Å²) in [5, 5.41) is 3.42. The highest BCUT2D eigenvalue weighted by Gasteiger charge is 2.05. The molecule has 0 aliphatic rings. The van der Waals surface area contributed by atoms with Crippen molar-refractivity contribution in [3.8, 4) is 0 Å². The average Bonchev–Trinajstić information content (AvgIpc) is 2.18. The summed E-state index contributed by atoms with van der Waals surface area (Å²) in [4.78, 5) is 11.5. The molecule has 1 aromatic rings. The third-order valence-electron chi connectivity index (χ3n) is 1.81. The Bertz CT molecular complexity index is 341. The van der Waals surface area contributed by atoms with E-state index in [1.165, 1.54) is 0 Å². The predicted molar refractivity (Wildman–Crippen MR) is 67.4 cm³/mol. The Balaban J connectivity index is 2.76.